The van der Waals surface area contributed by atoms with Crippen molar-refractivity contribution >= 4 is 5.97 Å². The van der Waals surface area contributed by atoms with Crippen LogP contribution < -0.4 is 0 Å². The van der Waals surface area contributed by atoms with Crippen LogP contribution in [0.3, 0.4) is 0 Å². The fourth-order valence-corrected chi connectivity index (χ4v) is 1.60. The van der Waals surface area contributed by atoms with Crippen molar-refractivity contribution < 1.29 is 9.90 Å². The van der Waals surface area contributed by atoms with E-state index in [1.54, 1.807) is 0 Å². The Labute approximate surface area is 105 Å². The smallest absolute Gasteiger partial charge is 0.303 e. The zero-order valence-corrected chi connectivity index (χ0v) is 11.0. The Kier molecular flexibility index (Phi) is 12.2. The first-order valence-corrected chi connectivity index (χ1v) is 6.79. The molecule has 1 N–H and O–H groups in total. The van der Waals surface area contributed by atoms with Crippen LogP contribution in [0.15, 0.2) is 24.3 Å². The zero-order valence-electron chi connectivity index (χ0n) is 11.0. The van der Waals surface area contributed by atoms with Crippen LogP contribution in [-0.2, 0) is 4.79 Å². The largest absolute Gasteiger partial charge is 0.481 e. The molecule has 0 bridgehead atoms. The summed E-state index contributed by atoms with van der Waals surface area (Å²) in [6.07, 6.45) is 18.0. The Hall–Kier alpha value is -1.05. The van der Waals surface area contributed by atoms with Crippen LogP contribution >= 0.6 is 0 Å². The maximum atomic E-state index is 10.2. The second-order valence-corrected chi connectivity index (χ2v) is 4.28. The van der Waals surface area contributed by atoms with Gasteiger partial charge in [0, 0.05) is 6.42 Å². The quantitative estimate of drug-likeness (QED) is 0.418. The fourth-order valence-electron chi connectivity index (χ4n) is 1.60. The van der Waals surface area contributed by atoms with E-state index in [0.717, 1.165) is 12.8 Å². The van der Waals surface area contributed by atoms with Gasteiger partial charge in [0.25, 0.3) is 0 Å². The molecule has 17 heavy (non-hydrogen) atoms. The van der Waals surface area contributed by atoms with Gasteiger partial charge in [-0.25, -0.2) is 0 Å². The number of unbranched alkanes of at least 4 members (excludes halogenated alkanes) is 5. The number of allylic oxidation sites excluding steroid dienone is 4. The van der Waals surface area contributed by atoms with Crippen LogP contribution in [0.25, 0.3) is 0 Å². The first-order chi connectivity index (χ1) is 8.27. The molecular weight excluding hydrogens is 212 g/mol. The van der Waals surface area contributed by atoms with Crippen LogP contribution in [0.2, 0.25) is 0 Å². The summed E-state index contributed by atoms with van der Waals surface area (Å²) in [4.78, 5) is 10.2. The van der Waals surface area contributed by atoms with E-state index in [-0.39, 0.29) is 6.42 Å². The van der Waals surface area contributed by atoms with Gasteiger partial charge in [-0.05, 0) is 38.5 Å². The molecule has 0 amide bonds. The van der Waals surface area contributed by atoms with Gasteiger partial charge in [0.05, 0.1) is 0 Å². The molecule has 0 aliphatic heterocycles. The Morgan fingerprint density at radius 3 is 1.94 bits per heavy atom. The summed E-state index contributed by atoms with van der Waals surface area (Å²) in [5.74, 6) is -0.713. The van der Waals surface area contributed by atoms with Crippen LogP contribution in [0.1, 0.15) is 64.7 Å². The van der Waals surface area contributed by atoms with Crippen LogP contribution in [0.5, 0.6) is 0 Å². The Balaban J connectivity index is 3.12. The highest BCUT2D eigenvalue weighted by Gasteiger charge is 1.91. The molecule has 0 unspecified atom stereocenters. The number of hydrogen-bond donors (Lipinski definition) is 1. The van der Waals surface area contributed by atoms with Gasteiger partial charge in [-0.15, -0.1) is 0 Å². The van der Waals surface area contributed by atoms with Gasteiger partial charge in [0.1, 0.15) is 0 Å². The van der Waals surface area contributed by atoms with Crippen LogP contribution in [-0.4, -0.2) is 11.1 Å². The van der Waals surface area contributed by atoms with Gasteiger partial charge in [-0.3, -0.25) is 4.79 Å². The predicted molar refractivity (Wildman–Crippen MR) is 73.1 cm³/mol. The number of rotatable bonds is 11. The predicted octanol–water partition coefficient (Wildman–Crippen LogP) is 4.71. The molecule has 2 heteroatoms. The van der Waals surface area contributed by atoms with E-state index in [9.17, 15) is 4.79 Å². The highest BCUT2D eigenvalue weighted by atomic mass is 16.4. The lowest BCUT2D eigenvalue weighted by Crippen LogP contribution is -1.91. The van der Waals surface area contributed by atoms with E-state index >= 15 is 0 Å². The number of carbonyl (C=O) groups is 1. The van der Waals surface area contributed by atoms with E-state index in [2.05, 4.69) is 25.2 Å². The first kappa shape index (κ1) is 16.0. The minimum absolute atomic E-state index is 0.250. The first-order valence-electron chi connectivity index (χ1n) is 6.79. The van der Waals surface area contributed by atoms with Crippen molar-refractivity contribution in [3.05, 3.63) is 24.3 Å². The Morgan fingerprint density at radius 1 is 0.882 bits per heavy atom. The van der Waals surface area contributed by atoms with E-state index in [1.165, 1.54) is 32.1 Å². The second-order valence-electron chi connectivity index (χ2n) is 4.28. The van der Waals surface area contributed by atoms with Gasteiger partial charge >= 0.3 is 5.97 Å². The summed E-state index contributed by atoms with van der Waals surface area (Å²) in [6, 6.07) is 0. The number of carboxylic acids is 1. The summed E-state index contributed by atoms with van der Waals surface area (Å²) >= 11 is 0. The van der Waals surface area contributed by atoms with E-state index in [4.69, 9.17) is 5.11 Å². The number of carboxylic acid groups (broad SMARTS) is 1. The van der Waals surface area contributed by atoms with Crippen molar-refractivity contribution in [2.75, 3.05) is 0 Å². The lowest BCUT2D eigenvalue weighted by atomic mass is 10.1. The minimum Gasteiger partial charge on any atom is -0.481 e. The molecule has 0 saturated carbocycles. The zero-order chi connectivity index (χ0) is 12.8. The third kappa shape index (κ3) is 14.9. The maximum Gasteiger partial charge on any atom is 0.303 e. The van der Waals surface area contributed by atoms with E-state index < -0.39 is 5.97 Å². The molecule has 0 heterocycles. The Morgan fingerprint density at radius 2 is 1.41 bits per heavy atom. The molecule has 0 rings (SSSR count). The number of hydrogen-bond acceptors (Lipinski definition) is 1. The van der Waals surface area contributed by atoms with Gasteiger partial charge in [0.2, 0.25) is 0 Å². The van der Waals surface area contributed by atoms with Gasteiger partial charge < -0.3 is 5.11 Å². The summed E-state index contributed by atoms with van der Waals surface area (Å²) in [5.41, 5.74) is 0. The molecule has 0 saturated heterocycles. The molecule has 0 spiro atoms. The van der Waals surface area contributed by atoms with Crippen molar-refractivity contribution in [2.45, 2.75) is 64.7 Å². The summed E-state index contributed by atoms with van der Waals surface area (Å²) < 4.78 is 0. The molecule has 0 atom stereocenters. The van der Waals surface area contributed by atoms with Gasteiger partial charge in [0.15, 0.2) is 0 Å². The third-order valence-corrected chi connectivity index (χ3v) is 2.59. The summed E-state index contributed by atoms with van der Waals surface area (Å²) in [5, 5.41) is 8.44. The maximum absolute atomic E-state index is 10.2. The van der Waals surface area contributed by atoms with E-state index in [1.807, 2.05) is 6.08 Å². The molecule has 0 aromatic heterocycles. The van der Waals surface area contributed by atoms with Crippen molar-refractivity contribution in [1.82, 2.24) is 0 Å². The molecular formula is C15H26O2. The monoisotopic (exact) mass is 238 g/mol. The molecule has 0 aromatic carbocycles. The second kappa shape index (κ2) is 13.0. The summed E-state index contributed by atoms with van der Waals surface area (Å²) in [6.45, 7) is 2.16. The fraction of sp³-hybridized carbons (Fsp3) is 0.667. The minimum atomic E-state index is -0.713. The lowest BCUT2D eigenvalue weighted by molar-refractivity contribution is -0.136. The van der Waals surface area contributed by atoms with Crippen molar-refractivity contribution in [3.8, 4) is 0 Å². The summed E-state index contributed by atoms with van der Waals surface area (Å²) in [7, 11) is 0. The Bertz CT molecular complexity index is 229. The molecule has 0 fully saturated rings. The van der Waals surface area contributed by atoms with E-state index in [0.29, 0.717) is 6.42 Å². The lowest BCUT2D eigenvalue weighted by Gasteiger charge is -1.96. The van der Waals surface area contributed by atoms with Gasteiger partial charge in [-0.1, -0.05) is 44.1 Å². The van der Waals surface area contributed by atoms with Crippen molar-refractivity contribution in [1.29, 1.82) is 0 Å². The average molecular weight is 238 g/mol. The molecule has 0 radical (unpaired) electrons. The standard InChI is InChI=1S/C15H26O2/c1-2-3-4-5-6-7-8-9-10-11-12-13-14-15(16)17/h3-4,11-12H,2,5-10,13-14H2,1H3,(H,16,17)/b4-3+,12-11+. The SMILES string of the molecule is CC/C=C/CCCCCC/C=C/CCC(=O)O. The molecule has 0 aliphatic carbocycles. The average Bonchev–Trinajstić information content (AvgIpc) is 2.30. The van der Waals surface area contributed by atoms with Gasteiger partial charge in [-0.2, -0.15) is 0 Å². The molecule has 2 nitrogen and oxygen atoms in total. The topological polar surface area (TPSA) is 37.3 Å². The van der Waals surface area contributed by atoms with Crippen molar-refractivity contribution in [3.63, 3.8) is 0 Å². The normalized spacial score (nSPS) is 11.6. The van der Waals surface area contributed by atoms with Crippen LogP contribution in [0, 0.1) is 0 Å². The molecule has 0 aromatic rings. The highest BCUT2D eigenvalue weighted by molar-refractivity contribution is 5.66. The highest BCUT2D eigenvalue weighted by Crippen LogP contribution is 2.07. The molecule has 0 aliphatic rings. The van der Waals surface area contributed by atoms with Crippen molar-refractivity contribution in [2.24, 2.45) is 0 Å². The number of aliphatic carboxylic acids is 1. The van der Waals surface area contributed by atoms with Crippen LogP contribution in [0.4, 0.5) is 0 Å². The third-order valence-electron chi connectivity index (χ3n) is 2.59. The molecule has 98 valence electrons.